The van der Waals surface area contributed by atoms with Gasteiger partial charge in [0.25, 0.3) is 0 Å². The van der Waals surface area contributed by atoms with Crippen molar-refractivity contribution in [2.75, 3.05) is 24.8 Å². The molecule has 3 rings (SSSR count). The molecule has 2 heterocycles. The highest BCUT2D eigenvalue weighted by Crippen LogP contribution is 2.32. The number of nitrogens with zero attached hydrogens (tertiary/aromatic N) is 3. The van der Waals surface area contributed by atoms with Gasteiger partial charge in [0.05, 0.1) is 30.6 Å². The van der Waals surface area contributed by atoms with Crippen LogP contribution in [-0.4, -0.2) is 46.1 Å². The molecule has 0 spiro atoms. The molecule has 0 saturated heterocycles. The smallest absolute Gasteiger partial charge is 0.340 e. The molecule has 0 unspecified atom stereocenters. The number of esters is 1. The topological polar surface area (TPSA) is 95.3 Å². The molecule has 0 atom stereocenters. The molecule has 32 heavy (non-hydrogen) atoms. The number of thiophene rings is 1. The van der Waals surface area contributed by atoms with Crippen molar-refractivity contribution < 1.29 is 19.1 Å². The Hall–Kier alpha value is -2.85. The van der Waals surface area contributed by atoms with Gasteiger partial charge in [-0.3, -0.25) is 4.79 Å². The molecule has 8 nitrogen and oxygen atoms in total. The molecule has 1 N–H and O–H groups in total. The number of aryl methyl sites for hydroxylation is 1. The number of thioether (sulfide) groups is 1. The third kappa shape index (κ3) is 5.31. The van der Waals surface area contributed by atoms with Crippen LogP contribution < -0.4 is 10.1 Å². The zero-order valence-corrected chi connectivity index (χ0v) is 20.1. The fraction of sp³-hybridized carbons (Fsp3) is 0.364. The predicted octanol–water partition coefficient (Wildman–Crippen LogP) is 4.51. The molecular weight excluding hydrogens is 448 g/mol. The summed E-state index contributed by atoms with van der Waals surface area (Å²) in [5.41, 5.74) is 1.23. The summed E-state index contributed by atoms with van der Waals surface area (Å²) in [6, 6.07) is 9.45. The Balaban J connectivity index is 1.74. The van der Waals surface area contributed by atoms with Crippen LogP contribution in [0.2, 0.25) is 0 Å². The average Bonchev–Trinajstić information content (AvgIpc) is 3.41. The lowest BCUT2D eigenvalue weighted by Crippen LogP contribution is -2.16. The third-order valence-corrected chi connectivity index (χ3v) is 6.74. The molecule has 3 aromatic rings. The van der Waals surface area contributed by atoms with Crippen molar-refractivity contribution in [3.8, 4) is 17.1 Å². The number of ether oxygens (including phenoxy) is 2. The summed E-state index contributed by atoms with van der Waals surface area (Å²) in [5.74, 6) is 0.869. The van der Waals surface area contributed by atoms with Gasteiger partial charge in [0.1, 0.15) is 10.8 Å². The number of hydrogen-bond acceptors (Lipinski definition) is 8. The zero-order chi connectivity index (χ0) is 23.1. The van der Waals surface area contributed by atoms with Crippen LogP contribution in [0.15, 0.2) is 35.5 Å². The highest BCUT2D eigenvalue weighted by Gasteiger charge is 2.20. The van der Waals surface area contributed by atoms with Gasteiger partial charge >= 0.3 is 5.97 Å². The highest BCUT2D eigenvalue weighted by molar-refractivity contribution is 7.99. The molecule has 0 radical (unpaired) electrons. The fourth-order valence-corrected chi connectivity index (χ4v) is 4.88. The van der Waals surface area contributed by atoms with Gasteiger partial charge in [-0.05, 0) is 38.5 Å². The first-order valence-electron chi connectivity index (χ1n) is 10.3. The van der Waals surface area contributed by atoms with E-state index in [9.17, 15) is 9.59 Å². The lowest BCUT2D eigenvalue weighted by atomic mass is 10.2. The van der Waals surface area contributed by atoms with Crippen molar-refractivity contribution in [2.45, 2.75) is 38.9 Å². The summed E-state index contributed by atoms with van der Waals surface area (Å²) >= 11 is 2.67. The number of para-hydroxylation sites is 1. The van der Waals surface area contributed by atoms with Crippen molar-refractivity contribution in [1.29, 1.82) is 0 Å². The first-order valence-corrected chi connectivity index (χ1v) is 12.1. The van der Waals surface area contributed by atoms with E-state index < -0.39 is 5.97 Å². The Bertz CT molecular complexity index is 1090. The number of aromatic nitrogens is 3. The summed E-state index contributed by atoms with van der Waals surface area (Å²) in [6.45, 7) is 7.12. The van der Waals surface area contributed by atoms with Crippen LogP contribution in [0.1, 0.15) is 36.0 Å². The highest BCUT2D eigenvalue weighted by atomic mass is 32.2. The van der Waals surface area contributed by atoms with E-state index in [0.717, 1.165) is 22.6 Å². The number of anilines is 1. The van der Waals surface area contributed by atoms with Crippen LogP contribution >= 0.6 is 23.1 Å². The van der Waals surface area contributed by atoms with Gasteiger partial charge in [-0.15, -0.1) is 21.5 Å². The number of benzene rings is 1. The number of hydrogen-bond donors (Lipinski definition) is 1. The monoisotopic (exact) mass is 474 g/mol. The SMILES string of the molecule is CCOc1ccccc1-c1nnc(SCC(=O)Nc2sc(CC)cc2C(=O)OC)n1CC. The van der Waals surface area contributed by atoms with E-state index in [4.69, 9.17) is 9.47 Å². The second-order valence-corrected chi connectivity index (χ2v) is 8.70. The van der Waals surface area contributed by atoms with Gasteiger partial charge in [-0.25, -0.2) is 4.79 Å². The zero-order valence-electron chi connectivity index (χ0n) is 18.5. The minimum atomic E-state index is -0.466. The molecule has 2 aromatic heterocycles. The molecule has 0 aliphatic heterocycles. The second kappa shape index (κ2) is 11.1. The fourth-order valence-electron chi connectivity index (χ4n) is 3.08. The maximum Gasteiger partial charge on any atom is 0.340 e. The van der Waals surface area contributed by atoms with Crippen molar-refractivity contribution in [3.63, 3.8) is 0 Å². The molecule has 170 valence electrons. The first-order chi connectivity index (χ1) is 15.5. The van der Waals surface area contributed by atoms with E-state index in [1.165, 1.54) is 30.2 Å². The number of carbonyl (C=O) groups is 2. The minimum Gasteiger partial charge on any atom is -0.493 e. The normalized spacial score (nSPS) is 10.8. The van der Waals surface area contributed by atoms with Crippen LogP contribution in [0.4, 0.5) is 5.00 Å². The molecular formula is C22H26N4O4S2. The Morgan fingerprint density at radius 2 is 1.97 bits per heavy atom. The number of amides is 1. The lowest BCUT2D eigenvalue weighted by Gasteiger charge is -2.11. The number of nitrogens with one attached hydrogen (secondary N) is 1. The van der Waals surface area contributed by atoms with E-state index in [-0.39, 0.29) is 11.7 Å². The van der Waals surface area contributed by atoms with Crippen LogP contribution in [0.25, 0.3) is 11.4 Å². The van der Waals surface area contributed by atoms with Gasteiger partial charge in [0.2, 0.25) is 5.91 Å². The van der Waals surface area contributed by atoms with E-state index in [1.807, 2.05) is 49.6 Å². The Kier molecular flexibility index (Phi) is 8.29. The molecule has 0 fully saturated rings. The number of carbonyl (C=O) groups excluding carboxylic acids is 2. The van der Waals surface area contributed by atoms with Crippen molar-refractivity contribution in [3.05, 3.63) is 40.8 Å². The van der Waals surface area contributed by atoms with Crippen LogP contribution in [0.5, 0.6) is 5.75 Å². The molecule has 0 saturated carbocycles. The quantitative estimate of drug-likeness (QED) is 0.341. The van der Waals surface area contributed by atoms with Crippen LogP contribution in [0, 0.1) is 0 Å². The minimum absolute atomic E-state index is 0.130. The summed E-state index contributed by atoms with van der Waals surface area (Å²) in [7, 11) is 1.33. The third-order valence-electron chi connectivity index (χ3n) is 4.58. The molecule has 1 aromatic carbocycles. The Morgan fingerprint density at radius 3 is 2.66 bits per heavy atom. The first kappa shape index (κ1) is 23.8. The van der Waals surface area contributed by atoms with Crippen molar-refractivity contribution >= 4 is 40.0 Å². The van der Waals surface area contributed by atoms with E-state index >= 15 is 0 Å². The average molecular weight is 475 g/mol. The molecule has 1 amide bonds. The standard InChI is InChI=1S/C22H26N4O4S2/c1-5-14-12-16(21(28)29-4)20(32-14)23-18(27)13-31-22-25-24-19(26(22)6-2)15-10-8-9-11-17(15)30-7-3/h8-12H,5-7,13H2,1-4H3,(H,23,27). The van der Waals surface area contributed by atoms with Gasteiger partial charge in [0.15, 0.2) is 11.0 Å². The van der Waals surface area contributed by atoms with Gasteiger partial charge in [-0.1, -0.05) is 30.8 Å². The number of methoxy groups -OCH3 is 1. The molecule has 0 bridgehead atoms. The Morgan fingerprint density at radius 1 is 1.19 bits per heavy atom. The summed E-state index contributed by atoms with van der Waals surface area (Å²) in [6.07, 6.45) is 0.769. The van der Waals surface area contributed by atoms with Gasteiger partial charge in [0, 0.05) is 11.4 Å². The summed E-state index contributed by atoms with van der Waals surface area (Å²) in [4.78, 5) is 25.6. The second-order valence-electron chi connectivity index (χ2n) is 6.62. The molecule has 10 heteroatoms. The molecule has 0 aliphatic carbocycles. The Labute approximate surface area is 195 Å². The van der Waals surface area contributed by atoms with E-state index in [2.05, 4.69) is 15.5 Å². The summed E-state index contributed by atoms with van der Waals surface area (Å²) < 4.78 is 12.5. The van der Waals surface area contributed by atoms with E-state index in [0.29, 0.717) is 34.7 Å². The maximum absolute atomic E-state index is 12.6. The van der Waals surface area contributed by atoms with Crippen LogP contribution in [-0.2, 0) is 22.5 Å². The van der Waals surface area contributed by atoms with Crippen molar-refractivity contribution in [2.24, 2.45) is 0 Å². The van der Waals surface area contributed by atoms with E-state index in [1.54, 1.807) is 6.07 Å². The van der Waals surface area contributed by atoms with Gasteiger partial charge in [-0.2, -0.15) is 0 Å². The lowest BCUT2D eigenvalue weighted by molar-refractivity contribution is -0.113. The largest absolute Gasteiger partial charge is 0.493 e. The predicted molar refractivity (Wildman–Crippen MR) is 127 cm³/mol. The number of rotatable bonds is 10. The molecule has 0 aliphatic rings. The maximum atomic E-state index is 12.6. The summed E-state index contributed by atoms with van der Waals surface area (Å²) in [5, 5.41) is 12.6. The van der Waals surface area contributed by atoms with Crippen molar-refractivity contribution in [1.82, 2.24) is 14.8 Å². The van der Waals surface area contributed by atoms with Gasteiger partial charge < -0.3 is 19.4 Å². The van der Waals surface area contributed by atoms with Crippen LogP contribution in [0.3, 0.4) is 0 Å².